The molecule has 4 rings (SSSR count). The monoisotopic (exact) mass is 290 g/mol. The van der Waals surface area contributed by atoms with Gasteiger partial charge in [-0.2, -0.15) is 0 Å². The lowest BCUT2D eigenvalue weighted by atomic mass is 9.48. The van der Waals surface area contributed by atoms with E-state index in [0.717, 1.165) is 38.5 Å². The van der Waals surface area contributed by atoms with Gasteiger partial charge in [-0.05, 0) is 62.7 Å². The lowest BCUT2D eigenvalue weighted by Crippen LogP contribution is -2.51. The van der Waals surface area contributed by atoms with Gasteiger partial charge in [-0.1, -0.05) is 18.6 Å². The molecule has 2 saturated carbocycles. The minimum atomic E-state index is -0.239. The summed E-state index contributed by atoms with van der Waals surface area (Å²) in [6, 6.07) is 0. The number of carbonyl (C=O) groups is 1. The number of allylic oxidation sites excluding steroid dienone is 1. The third-order valence-corrected chi connectivity index (χ3v) is 7.33. The summed E-state index contributed by atoms with van der Waals surface area (Å²) in [4.78, 5) is 12.1. The maximum Gasteiger partial charge on any atom is 0.312 e. The standard InChI is InChI=1S/C18H26O3/c1-17-7-5-12(19)9-11(17)3-4-13-14(17)6-8-18(2)15(13)10-21-16(18)20/h3,12-15,19H,4-10H2,1-2H3/t12?,13-,14-,15+,17+,18+/m1/s1. The van der Waals surface area contributed by atoms with E-state index in [1.165, 1.54) is 5.57 Å². The van der Waals surface area contributed by atoms with Crippen LogP contribution in [0.25, 0.3) is 0 Å². The van der Waals surface area contributed by atoms with Crippen LogP contribution in [0.1, 0.15) is 52.4 Å². The molecule has 3 fully saturated rings. The Morgan fingerprint density at radius 1 is 1.19 bits per heavy atom. The number of carbonyl (C=O) groups excluding carboxylic acids is 1. The zero-order valence-corrected chi connectivity index (χ0v) is 13.1. The molecule has 1 saturated heterocycles. The van der Waals surface area contributed by atoms with Crippen LogP contribution in [-0.4, -0.2) is 23.8 Å². The Hall–Kier alpha value is -0.830. The van der Waals surface area contributed by atoms with Crippen molar-refractivity contribution in [3.05, 3.63) is 11.6 Å². The molecule has 1 heterocycles. The van der Waals surface area contributed by atoms with Crippen LogP contribution < -0.4 is 0 Å². The fraction of sp³-hybridized carbons (Fsp3) is 0.833. The van der Waals surface area contributed by atoms with Gasteiger partial charge in [0.25, 0.3) is 0 Å². The van der Waals surface area contributed by atoms with Gasteiger partial charge < -0.3 is 9.84 Å². The molecule has 0 radical (unpaired) electrons. The summed E-state index contributed by atoms with van der Waals surface area (Å²) >= 11 is 0. The molecule has 0 aromatic heterocycles. The molecule has 116 valence electrons. The van der Waals surface area contributed by atoms with Crippen molar-refractivity contribution in [3.63, 3.8) is 0 Å². The Labute approximate surface area is 126 Å². The Balaban J connectivity index is 1.69. The maximum absolute atomic E-state index is 12.1. The predicted octanol–water partition coefficient (Wildman–Crippen LogP) is 3.07. The van der Waals surface area contributed by atoms with Gasteiger partial charge in [0.2, 0.25) is 0 Å². The second kappa shape index (κ2) is 4.34. The average Bonchev–Trinajstić information content (AvgIpc) is 2.76. The molecular weight excluding hydrogens is 264 g/mol. The third kappa shape index (κ3) is 1.73. The van der Waals surface area contributed by atoms with Crippen LogP contribution in [0.4, 0.5) is 0 Å². The van der Waals surface area contributed by atoms with E-state index in [9.17, 15) is 9.90 Å². The summed E-state index contributed by atoms with van der Waals surface area (Å²) < 4.78 is 5.44. The van der Waals surface area contributed by atoms with Crippen molar-refractivity contribution >= 4 is 5.97 Å². The normalized spacial score (nSPS) is 52.3. The Morgan fingerprint density at radius 2 is 1.95 bits per heavy atom. The van der Waals surface area contributed by atoms with Crippen LogP contribution in [0.3, 0.4) is 0 Å². The topological polar surface area (TPSA) is 46.5 Å². The number of rotatable bonds is 0. The third-order valence-electron chi connectivity index (χ3n) is 7.33. The van der Waals surface area contributed by atoms with E-state index in [1.807, 2.05) is 0 Å². The second-order valence-electron chi connectivity index (χ2n) is 8.21. The molecule has 1 aliphatic heterocycles. The highest BCUT2D eigenvalue weighted by atomic mass is 16.5. The second-order valence-corrected chi connectivity index (χ2v) is 8.21. The first-order valence-corrected chi connectivity index (χ1v) is 8.50. The van der Waals surface area contributed by atoms with Gasteiger partial charge in [0.15, 0.2) is 0 Å². The van der Waals surface area contributed by atoms with Gasteiger partial charge in [-0.15, -0.1) is 0 Å². The van der Waals surface area contributed by atoms with Crippen LogP contribution in [0.2, 0.25) is 0 Å². The summed E-state index contributed by atoms with van der Waals surface area (Å²) in [5, 5.41) is 9.98. The van der Waals surface area contributed by atoms with Gasteiger partial charge in [-0.25, -0.2) is 0 Å². The van der Waals surface area contributed by atoms with Crippen molar-refractivity contribution in [1.82, 2.24) is 0 Å². The highest BCUT2D eigenvalue weighted by Crippen LogP contribution is 2.62. The summed E-state index contributed by atoms with van der Waals surface area (Å²) in [6.07, 6.45) is 8.30. The van der Waals surface area contributed by atoms with Crippen molar-refractivity contribution < 1.29 is 14.6 Å². The minimum absolute atomic E-state index is 0.0324. The molecule has 4 aliphatic rings. The summed E-state index contributed by atoms with van der Waals surface area (Å²) in [7, 11) is 0. The highest BCUT2D eigenvalue weighted by molar-refractivity contribution is 5.79. The van der Waals surface area contributed by atoms with E-state index in [4.69, 9.17) is 4.74 Å². The minimum Gasteiger partial charge on any atom is -0.465 e. The van der Waals surface area contributed by atoms with Gasteiger partial charge in [0.1, 0.15) is 0 Å². The summed E-state index contributed by atoms with van der Waals surface area (Å²) in [6.45, 7) is 5.15. The van der Waals surface area contributed by atoms with E-state index < -0.39 is 0 Å². The SMILES string of the molecule is C[C@]12CCC(O)CC1=CC[C@@H]1[C@H]2CC[C@]2(C)C(=O)OC[C@@H]12. The van der Waals surface area contributed by atoms with E-state index >= 15 is 0 Å². The molecule has 3 heteroatoms. The first-order chi connectivity index (χ1) is 9.95. The Kier molecular flexibility index (Phi) is 2.86. The molecule has 3 nitrogen and oxygen atoms in total. The zero-order chi connectivity index (χ0) is 14.8. The molecule has 0 bridgehead atoms. The Bertz CT molecular complexity index is 511. The number of esters is 1. The van der Waals surface area contributed by atoms with Crippen molar-refractivity contribution in [1.29, 1.82) is 0 Å². The molecular formula is C18H26O3. The number of fused-ring (bicyclic) bond motifs is 5. The van der Waals surface area contributed by atoms with Crippen LogP contribution in [-0.2, 0) is 9.53 Å². The molecule has 0 aromatic carbocycles. The first kappa shape index (κ1) is 13.8. The Morgan fingerprint density at radius 3 is 2.76 bits per heavy atom. The lowest BCUT2D eigenvalue weighted by Gasteiger charge is -2.55. The van der Waals surface area contributed by atoms with Gasteiger partial charge in [-0.3, -0.25) is 4.79 Å². The number of aliphatic hydroxyl groups excluding tert-OH is 1. The predicted molar refractivity (Wildman–Crippen MR) is 79.4 cm³/mol. The fourth-order valence-electron chi connectivity index (χ4n) is 5.85. The van der Waals surface area contributed by atoms with E-state index in [2.05, 4.69) is 19.9 Å². The van der Waals surface area contributed by atoms with Crippen LogP contribution in [0, 0.1) is 28.6 Å². The number of aliphatic hydroxyl groups is 1. The summed E-state index contributed by atoms with van der Waals surface area (Å²) in [5.74, 6) is 1.67. The van der Waals surface area contributed by atoms with Crippen molar-refractivity contribution in [2.75, 3.05) is 6.61 Å². The van der Waals surface area contributed by atoms with E-state index in [1.54, 1.807) is 0 Å². The quantitative estimate of drug-likeness (QED) is 0.551. The fourth-order valence-corrected chi connectivity index (χ4v) is 5.85. The molecule has 1 N–H and O–H groups in total. The van der Waals surface area contributed by atoms with Gasteiger partial charge in [0, 0.05) is 5.92 Å². The smallest absolute Gasteiger partial charge is 0.312 e. The van der Waals surface area contributed by atoms with Gasteiger partial charge >= 0.3 is 5.97 Å². The highest BCUT2D eigenvalue weighted by Gasteiger charge is 2.60. The lowest BCUT2D eigenvalue weighted by molar-refractivity contribution is -0.148. The molecule has 3 aliphatic carbocycles. The van der Waals surface area contributed by atoms with Gasteiger partial charge in [0.05, 0.1) is 18.1 Å². The van der Waals surface area contributed by atoms with Crippen molar-refractivity contribution in [2.45, 2.75) is 58.5 Å². The maximum atomic E-state index is 12.1. The number of hydrogen-bond acceptors (Lipinski definition) is 3. The van der Waals surface area contributed by atoms with Crippen molar-refractivity contribution in [3.8, 4) is 0 Å². The molecule has 6 atom stereocenters. The van der Waals surface area contributed by atoms with Crippen LogP contribution in [0.15, 0.2) is 11.6 Å². The van der Waals surface area contributed by atoms with E-state index in [0.29, 0.717) is 24.4 Å². The molecule has 21 heavy (non-hydrogen) atoms. The number of cyclic esters (lactones) is 1. The molecule has 0 spiro atoms. The number of hydrogen-bond donors (Lipinski definition) is 1. The molecule has 0 amide bonds. The largest absolute Gasteiger partial charge is 0.465 e. The van der Waals surface area contributed by atoms with Crippen LogP contribution >= 0.6 is 0 Å². The number of ether oxygens (including phenoxy) is 1. The average molecular weight is 290 g/mol. The van der Waals surface area contributed by atoms with E-state index in [-0.39, 0.29) is 22.9 Å². The zero-order valence-electron chi connectivity index (χ0n) is 13.1. The summed E-state index contributed by atoms with van der Waals surface area (Å²) in [5.41, 5.74) is 1.49. The first-order valence-electron chi connectivity index (χ1n) is 8.50. The van der Waals surface area contributed by atoms with Crippen molar-refractivity contribution in [2.24, 2.45) is 28.6 Å². The molecule has 0 aromatic rings. The molecule has 1 unspecified atom stereocenters. The van der Waals surface area contributed by atoms with Crippen LogP contribution in [0.5, 0.6) is 0 Å².